The molecule has 1 unspecified atom stereocenters. The third-order valence-electron chi connectivity index (χ3n) is 6.16. The van der Waals surface area contributed by atoms with E-state index >= 15 is 0 Å². The Morgan fingerprint density at radius 1 is 1.24 bits per heavy atom. The molecule has 3 rings (SSSR count). The number of methoxy groups -OCH3 is 1. The first-order valence-electron chi connectivity index (χ1n) is 12.6. The van der Waals surface area contributed by atoms with Crippen molar-refractivity contribution >= 4 is 35.0 Å². The topological polar surface area (TPSA) is 117 Å². The van der Waals surface area contributed by atoms with Crippen LogP contribution in [-0.4, -0.2) is 47.3 Å². The van der Waals surface area contributed by atoms with Gasteiger partial charge in [0, 0.05) is 29.4 Å². The normalized spacial score (nSPS) is 14.6. The average molecular weight is 588 g/mol. The summed E-state index contributed by atoms with van der Waals surface area (Å²) in [6.07, 6.45) is 5.93. The summed E-state index contributed by atoms with van der Waals surface area (Å²) in [6, 6.07) is 5.33. The number of esters is 1. The van der Waals surface area contributed by atoms with Crippen molar-refractivity contribution in [3.8, 4) is 0 Å². The number of nitrogens with one attached hydrogen (secondary N) is 3. The number of hydrogen-bond donors (Lipinski definition) is 3. The maximum atomic E-state index is 13.5. The van der Waals surface area contributed by atoms with Gasteiger partial charge in [0.15, 0.2) is 6.04 Å². The number of aromatic nitrogens is 2. The molecule has 0 saturated carbocycles. The maximum Gasteiger partial charge on any atom is 0.451 e. The fraction of sp³-hybridized carbons (Fsp3) is 0.276. The summed E-state index contributed by atoms with van der Waals surface area (Å²) in [5, 5.41) is 14.5. The van der Waals surface area contributed by atoms with Gasteiger partial charge in [0.2, 0.25) is 5.82 Å². The van der Waals surface area contributed by atoms with Crippen LogP contribution in [0.2, 0.25) is 5.02 Å². The van der Waals surface area contributed by atoms with Gasteiger partial charge in [-0.05, 0) is 48.6 Å². The van der Waals surface area contributed by atoms with Crippen molar-refractivity contribution in [1.29, 1.82) is 5.41 Å². The second-order valence-corrected chi connectivity index (χ2v) is 9.43. The molecule has 2 aromatic rings. The number of amides is 1. The van der Waals surface area contributed by atoms with E-state index in [1.54, 1.807) is 55.5 Å². The molecule has 2 atom stereocenters. The molecule has 0 fully saturated rings. The van der Waals surface area contributed by atoms with Crippen molar-refractivity contribution in [3.05, 3.63) is 101 Å². The highest BCUT2D eigenvalue weighted by molar-refractivity contribution is 6.30. The molecular weight excluding hydrogens is 559 g/mol. The van der Waals surface area contributed by atoms with E-state index in [-0.39, 0.29) is 17.8 Å². The van der Waals surface area contributed by atoms with Crippen LogP contribution in [0.3, 0.4) is 0 Å². The third kappa shape index (κ3) is 8.14. The number of ether oxygens (including phenoxy) is 1. The monoisotopic (exact) mass is 587 g/mol. The zero-order valence-corrected chi connectivity index (χ0v) is 23.1. The first kappa shape index (κ1) is 31.3. The fourth-order valence-corrected chi connectivity index (χ4v) is 4.18. The second-order valence-electron chi connectivity index (χ2n) is 9.00. The lowest BCUT2D eigenvalue weighted by Crippen LogP contribution is -2.43. The Labute approximate surface area is 240 Å². The molecule has 3 N–H and O–H groups in total. The molecule has 41 heavy (non-hydrogen) atoms. The molecule has 0 saturated heterocycles. The van der Waals surface area contributed by atoms with Crippen molar-refractivity contribution in [2.45, 2.75) is 32.0 Å². The number of hydrogen-bond acceptors (Lipinski definition) is 7. The van der Waals surface area contributed by atoms with Crippen LogP contribution in [0.25, 0.3) is 0 Å². The number of nitrogens with zero attached hydrogens (tertiary/aromatic N) is 2. The molecule has 1 aliphatic carbocycles. The molecule has 12 heteroatoms. The number of allylic oxidation sites excluding steroid dienone is 4. The van der Waals surface area contributed by atoms with Gasteiger partial charge < -0.3 is 20.8 Å². The molecule has 1 aliphatic rings. The molecule has 8 nitrogen and oxygen atoms in total. The minimum atomic E-state index is -4.89. The first-order valence-corrected chi connectivity index (χ1v) is 12.9. The molecular formula is C29H29ClF3N5O3. The Bertz CT molecular complexity index is 1400. The van der Waals surface area contributed by atoms with Crippen molar-refractivity contribution < 1.29 is 27.5 Å². The van der Waals surface area contributed by atoms with Crippen LogP contribution < -0.4 is 10.6 Å². The molecule has 0 bridgehead atoms. The Morgan fingerprint density at radius 2 is 1.95 bits per heavy atom. The largest absolute Gasteiger partial charge is 0.467 e. The summed E-state index contributed by atoms with van der Waals surface area (Å²) in [5.41, 5.74) is 1.30. The van der Waals surface area contributed by atoms with Gasteiger partial charge in [-0.2, -0.15) is 13.2 Å². The van der Waals surface area contributed by atoms with Gasteiger partial charge in [-0.1, -0.05) is 60.7 Å². The minimum absolute atomic E-state index is 0.121. The van der Waals surface area contributed by atoms with E-state index in [1.165, 1.54) is 0 Å². The lowest BCUT2D eigenvalue weighted by atomic mass is 9.90. The predicted octanol–water partition coefficient (Wildman–Crippen LogP) is 5.93. The Kier molecular flexibility index (Phi) is 10.6. The van der Waals surface area contributed by atoms with Crippen molar-refractivity contribution in [3.63, 3.8) is 0 Å². The maximum absolute atomic E-state index is 13.5. The van der Waals surface area contributed by atoms with E-state index in [4.69, 9.17) is 21.7 Å². The lowest BCUT2D eigenvalue weighted by molar-refractivity contribution is -0.145. The number of rotatable bonds is 11. The molecule has 0 aliphatic heterocycles. The molecule has 216 valence electrons. The Morgan fingerprint density at radius 3 is 2.54 bits per heavy atom. The number of anilines is 1. The highest BCUT2D eigenvalue weighted by Gasteiger charge is 2.36. The zero-order chi connectivity index (χ0) is 30.2. The van der Waals surface area contributed by atoms with Gasteiger partial charge in [0.25, 0.3) is 5.91 Å². The van der Waals surface area contributed by atoms with Crippen LogP contribution >= 0.6 is 11.6 Å². The van der Waals surface area contributed by atoms with E-state index in [0.29, 0.717) is 28.2 Å². The van der Waals surface area contributed by atoms with E-state index in [1.807, 2.05) is 6.08 Å². The molecule has 1 aromatic heterocycles. The van der Waals surface area contributed by atoms with Gasteiger partial charge in [-0.25, -0.2) is 14.8 Å². The molecule has 1 aromatic carbocycles. The van der Waals surface area contributed by atoms with Gasteiger partial charge in [0.1, 0.15) is 11.4 Å². The number of halogens is 4. The minimum Gasteiger partial charge on any atom is -0.467 e. The quantitative estimate of drug-likeness (QED) is 0.171. The van der Waals surface area contributed by atoms with Crippen LogP contribution in [0.4, 0.5) is 19.0 Å². The van der Waals surface area contributed by atoms with Crippen molar-refractivity contribution in [2.75, 3.05) is 19.0 Å². The molecule has 1 amide bonds. The smallest absolute Gasteiger partial charge is 0.451 e. The van der Waals surface area contributed by atoms with E-state index in [2.05, 4.69) is 27.2 Å². The summed E-state index contributed by atoms with van der Waals surface area (Å²) in [7, 11) is 1.16. The van der Waals surface area contributed by atoms with Crippen LogP contribution in [0.1, 0.15) is 41.5 Å². The van der Waals surface area contributed by atoms with Crippen molar-refractivity contribution in [1.82, 2.24) is 15.3 Å². The van der Waals surface area contributed by atoms with Gasteiger partial charge in [-0.15, -0.1) is 0 Å². The van der Waals surface area contributed by atoms with E-state index in [0.717, 1.165) is 19.7 Å². The van der Waals surface area contributed by atoms with E-state index in [9.17, 15) is 22.8 Å². The number of alkyl halides is 3. The highest BCUT2D eigenvalue weighted by atomic mass is 35.5. The predicted molar refractivity (Wildman–Crippen MR) is 151 cm³/mol. The van der Waals surface area contributed by atoms with Crippen molar-refractivity contribution in [2.24, 2.45) is 5.92 Å². The van der Waals surface area contributed by atoms with Gasteiger partial charge in [0.05, 0.1) is 7.11 Å². The SMILES string of the molecule is C=C(/C=C\C)[C@H](CNc1nc(C(F)(F)F)ncc1C(=O)NC(C(=O)OC)C1=CCCC=C1)C(=N)c1ccc(Cl)cc1. The summed E-state index contributed by atoms with van der Waals surface area (Å²) < 4.78 is 45.4. The zero-order valence-electron chi connectivity index (χ0n) is 22.4. The molecule has 0 radical (unpaired) electrons. The average Bonchev–Trinajstić information content (AvgIpc) is 2.95. The second kappa shape index (κ2) is 13.9. The van der Waals surface area contributed by atoms with Gasteiger partial charge >= 0.3 is 12.1 Å². The third-order valence-corrected chi connectivity index (χ3v) is 6.41. The van der Waals surface area contributed by atoms with Crippen LogP contribution in [0.5, 0.6) is 0 Å². The first-order chi connectivity index (χ1) is 19.5. The summed E-state index contributed by atoms with van der Waals surface area (Å²) >= 11 is 5.97. The number of benzene rings is 1. The summed E-state index contributed by atoms with van der Waals surface area (Å²) in [6.45, 7) is 5.64. The standard InChI is InChI=1S/C29H29ClF3N5O3/c1-4-8-17(2)21(23(34)18-11-13-20(30)14-12-18)15-35-25-22(16-36-28(38-25)29(31,32)33)26(39)37-24(27(40)41-3)19-9-6-5-7-10-19/h4,6,8-14,16,21,24,34H,2,5,7,15H2,1,3H3,(H,37,39)(H,35,36,38)/b8-4-,34-23?/t21-,24?/m0/s1. The summed E-state index contributed by atoms with van der Waals surface area (Å²) in [4.78, 5) is 32.7. The fourth-order valence-electron chi connectivity index (χ4n) is 4.05. The Hall–Kier alpha value is -4.25. The molecule has 0 spiro atoms. The van der Waals surface area contributed by atoms with Crippen LogP contribution in [0, 0.1) is 11.3 Å². The lowest BCUT2D eigenvalue weighted by Gasteiger charge is -2.22. The summed E-state index contributed by atoms with van der Waals surface area (Å²) in [5.74, 6) is -4.25. The van der Waals surface area contributed by atoms with Crippen LogP contribution in [-0.2, 0) is 15.7 Å². The van der Waals surface area contributed by atoms with E-state index < -0.39 is 41.7 Å². The molecule has 1 heterocycles. The number of carbonyl (C=O) groups is 2. The van der Waals surface area contributed by atoms with Gasteiger partial charge in [-0.3, -0.25) is 4.79 Å². The van der Waals surface area contributed by atoms with Crippen LogP contribution in [0.15, 0.2) is 78.6 Å². The number of carbonyl (C=O) groups excluding carboxylic acids is 2. The highest BCUT2D eigenvalue weighted by Crippen LogP contribution is 2.28. The Balaban J connectivity index is 1.96.